The number of hydrogen-bond acceptors (Lipinski definition) is 3. The number of methoxy groups -OCH3 is 2. The summed E-state index contributed by atoms with van der Waals surface area (Å²) in [5, 5.41) is 9.56. The van der Waals surface area contributed by atoms with Crippen LogP contribution in [0.25, 0.3) is 17.7 Å². The van der Waals surface area contributed by atoms with Gasteiger partial charge < -0.3 is 9.47 Å². The van der Waals surface area contributed by atoms with Crippen molar-refractivity contribution in [2.45, 2.75) is 51.4 Å². The van der Waals surface area contributed by atoms with Crippen molar-refractivity contribution in [3.05, 3.63) is 75.9 Å². The number of allylic oxidation sites excluding steroid dienone is 3. The van der Waals surface area contributed by atoms with Gasteiger partial charge in [0.2, 0.25) is 0 Å². The molecule has 0 atom stereocenters. The third-order valence-electron chi connectivity index (χ3n) is 6.50. The third-order valence-corrected chi connectivity index (χ3v) is 6.50. The topological polar surface area (TPSA) is 42.2 Å². The second-order valence-corrected chi connectivity index (χ2v) is 8.62. The Morgan fingerprint density at radius 1 is 0.750 bits per heavy atom. The van der Waals surface area contributed by atoms with Crippen molar-refractivity contribution >= 4 is 17.7 Å². The van der Waals surface area contributed by atoms with E-state index < -0.39 is 0 Å². The van der Waals surface area contributed by atoms with Crippen LogP contribution in [-0.2, 0) is 0 Å². The van der Waals surface area contributed by atoms with Crippen molar-refractivity contribution in [3.8, 4) is 17.6 Å². The maximum atomic E-state index is 9.56. The molecule has 32 heavy (non-hydrogen) atoms. The van der Waals surface area contributed by atoms with Gasteiger partial charge in [-0.2, -0.15) is 5.26 Å². The lowest BCUT2D eigenvalue weighted by Gasteiger charge is -2.14. The molecule has 4 rings (SSSR count). The van der Waals surface area contributed by atoms with E-state index in [-0.39, 0.29) is 0 Å². The maximum absolute atomic E-state index is 9.56. The van der Waals surface area contributed by atoms with Crippen molar-refractivity contribution in [2.75, 3.05) is 14.2 Å². The molecule has 0 heterocycles. The Labute approximate surface area is 191 Å². The summed E-state index contributed by atoms with van der Waals surface area (Å²) in [6.07, 6.45) is 15.9. The molecule has 2 aliphatic carbocycles. The van der Waals surface area contributed by atoms with Gasteiger partial charge in [-0.05, 0) is 92.3 Å². The van der Waals surface area contributed by atoms with Gasteiger partial charge in [0, 0.05) is 17.2 Å². The maximum Gasteiger partial charge on any atom is 0.126 e. The van der Waals surface area contributed by atoms with Crippen LogP contribution < -0.4 is 9.47 Å². The molecule has 0 unspecified atom stereocenters. The largest absolute Gasteiger partial charge is 0.496 e. The zero-order chi connectivity index (χ0) is 22.3. The van der Waals surface area contributed by atoms with Crippen LogP contribution in [0.4, 0.5) is 0 Å². The minimum Gasteiger partial charge on any atom is -0.496 e. The van der Waals surface area contributed by atoms with Crippen molar-refractivity contribution in [3.63, 3.8) is 0 Å². The lowest BCUT2D eigenvalue weighted by Crippen LogP contribution is -1.95. The Morgan fingerprint density at radius 2 is 1.19 bits per heavy atom. The summed E-state index contributed by atoms with van der Waals surface area (Å²) in [6, 6.07) is 14.6. The molecule has 0 bridgehead atoms. The van der Waals surface area contributed by atoms with Gasteiger partial charge in [0.1, 0.15) is 11.5 Å². The molecule has 0 aromatic heterocycles. The van der Waals surface area contributed by atoms with Crippen LogP contribution in [0.1, 0.15) is 73.6 Å². The standard InChI is InChI=1S/C29H31NO2/c1-31-28-13-11-23(19-25(28)17-21-7-3-4-8-21)27(15-16-30)24-12-14-29(32-2)26(20-24)18-22-9-5-6-10-22/h11-15,17-20H,3-10H2,1-2H3. The first kappa shape index (κ1) is 22.0. The fourth-order valence-electron chi connectivity index (χ4n) is 4.81. The molecule has 2 aromatic carbocycles. The summed E-state index contributed by atoms with van der Waals surface area (Å²) >= 11 is 0. The van der Waals surface area contributed by atoms with Crippen LogP contribution in [0.3, 0.4) is 0 Å². The predicted octanol–water partition coefficient (Wildman–Crippen LogP) is 7.57. The summed E-state index contributed by atoms with van der Waals surface area (Å²) < 4.78 is 11.3. The fraction of sp³-hybridized carbons (Fsp3) is 0.345. The Kier molecular flexibility index (Phi) is 7.12. The molecule has 2 aliphatic rings. The van der Waals surface area contributed by atoms with Crippen LogP contribution in [-0.4, -0.2) is 14.2 Å². The summed E-state index contributed by atoms with van der Waals surface area (Å²) in [4.78, 5) is 0. The van der Waals surface area contributed by atoms with Gasteiger partial charge >= 0.3 is 0 Å². The Balaban J connectivity index is 1.76. The minimum atomic E-state index is 0.867. The normalized spacial score (nSPS) is 15.3. The van der Waals surface area contributed by atoms with Crippen molar-refractivity contribution in [2.24, 2.45) is 0 Å². The number of hydrogen-bond donors (Lipinski definition) is 0. The zero-order valence-corrected chi connectivity index (χ0v) is 19.1. The lowest BCUT2D eigenvalue weighted by atomic mass is 9.93. The molecule has 2 aromatic rings. The van der Waals surface area contributed by atoms with Gasteiger partial charge in [-0.1, -0.05) is 35.4 Å². The molecule has 0 N–H and O–H groups in total. The van der Waals surface area contributed by atoms with E-state index in [4.69, 9.17) is 9.47 Å². The number of ether oxygens (including phenoxy) is 2. The van der Waals surface area contributed by atoms with E-state index in [1.165, 1.54) is 36.8 Å². The highest BCUT2D eigenvalue weighted by atomic mass is 16.5. The first-order chi connectivity index (χ1) is 15.7. The van der Waals surface area contributed by atoms with E-state index >= 15 is 0 Å². The lowest BCUT2D eigenvalue weighted by molar-refractivity contribution is 0.414. The monoisotopic (exact) mass is 425 g/mol. The zero-order valence-electron chi connectivity index (χ0n) is 19.1. The molecule has 3 nitrogen and oxygen atoms in total. The SMILES string of the molecule is COc1ccc(C(=CC#N)c2ccc(OC)c(C=C3CCCC3)c2)cc1C=C1CCCC1. The van der Waals surface area contributed by atoms with Gasteiger partial charge in [0.25, 0.3) is 0 Å². The van der Waals surface area contributed by atoms with Gasteiger partial charge in [-0.25, -0.2) is 0 Å². The summed E-state index contributed by atoms with van der Waals surface area (Å²) in [6.45, 7) is 0. The van der Waals surface area contributed by atoms with Crippen LogP contribution in [0, 0.1) is 11.3 Å². The third kappa shape index (κ3) is 4.97. The van der Waals surface area contributed by atoms with E-state index in [9.17, 15) is 5.26 Å². The number of rotatable bonds is 6. The second-order valence-electron chi connectivity index (χ2n) is 8.62. The molecule has 0 spiro atoms. The molecule has 0 aliphatic heterocycles. The highest BCUT2D eigenvalue weighted by Crippen LogP contribution is 2.35. The average Bonchev–Trinajstić information content (AvgIpc) is 3.52. The summed E-state index contributed by atoms with van der Waals surface area (Å²) in [5.74, 6) is 1.73. The van der Waals surface area contributed by atoms with Crippen LogP contribution in [0.5, 0.6) is 11.5 Å². The summed E-state index contributed by atoms with van der Waals surface area (Å²) in [5.41, 5.74) is 8.04. The van der Waals surface area contributed by atoms with E-state index in [1.807, 2.05) is 24.3 Å². The molecule has 0 radical (unpaired) electrons. The van der Waals surface area contributed by atoms with E-state index in [2.05, 4.69) is 30.4 Å². The minimum absolute atomic E-state index is 0.867. The molecule has 2 fully saturated rings. The van der Waals surface area contributed by atoms with Crippen molar-refractivity contribution < 1.29 is 9.47 Å². The smallest absolute Gasteiger partial charge is 0.126 e. The number of benzene rings is 2. The van der Waals surface area contributed by atoms with Gasteiger partial charge in [0.15, 0.2) is 0 Å². The quantitative estimate of drug-likeness (QED) is 0.448. The van der Waals surface area contributed by atoms with Crippen LogP contribution in [0.2, 0.25) is 0 Å². The molecular formula is C29H31NO2. The molecular weight excluding hydrogens is 394 g/mol. The number of nitrogens with zero attached hydrogens (tertiary/aromatic N) is 1. The van der Waals surface area contributed by atoms with E-state index in [1.54, 1.807) is 20.3 Å². The molecule has 3 heteroatoms. The highest BCUT2D eigenvalue weighted by molar-refractivity contribution is 5.84. The van der Waals surface area contributed by atoms with Gasteiger partial charge in [-0.3, -0.25) is 0 Å². The second kappa shape index (κ2) is 10.4. The average molecular weight is 426 g/mol. The summed E-state index contributed by atoms with van der Waals surface area (Å²) in [7, 11) is 3.42. The molecule has 0 saturated heterocycles. The highest BCUT2D eigenvalue weighted by Gasteiger charge is 2.14. The van der Waals surface area contributed by atoms with Gasteiger partial charge in [0.05, 0.1) is 20.3 Å². The van der Waals surface area contributed by atoms with Crippen LogP contribution >= 0.6 is 0 Å². The number of nitriles is 1. The van der Waals surface area contributed by atoms with Crippen molar-refractivity contribution in [1.29, 1.82) is 5.26 Å². The van der Waals surface area contributed by atoms with E-state index in [0.717, 1.165) is 65.0 Å². The Hall–Kier alpha value is -3.25. The first-order valence-electron chi connectivity index (χ1n) is 11.6. The Morgan fingerprint density at radius 3 is 1.56 bits per heavy atom. The van der Waals surface area contributed by atoms with Gasteiger partial charge in [-0.15, -0.1) is 0 Å². The Bertz CT molecular complexity index is 1020. The fourth-order valence-corrected chi connectivity index (χ4v) is 4.81. The van der Waals surface area contributed by atoms with Crippen LogP contribution in [0.15, 0.2) is 53.6 Å². The van der Waals surface area contributed by atoms with E-state index in [0.29, 0.717) is 0 Å². The van der Waals surface area contributed by atoms with Crippen molar-refractivity contribution in [1.82, 2.24) is 0 Å². The molecule has 0 amide bonds. The predicted molar refractivity (Wildman–Crippen MR) is 132 cm³/mol. The molecule has 2 saturated carbocycles. The molecule has 164 valence electrons. The first-order valence-corrected chi connectivity index (χ1v) is 11.6.